The van der Waals surface area contributed by atoms with Crippen molar-refractivity contribution >= 4 is 0 Å². The molecule has 1 heterocycles. The molecule has 118 valence electrons. The predicted molar refractivity (Wildman–Crippen MR) is 82.9 cm³/mol. The molecule has 0 saturated heterocycles. The van der Waals surface area contributed by atoms with Gasteiger partial charge in [0.2, 0.25) is 0 Å². The van der Waals surface area contributed by atoms with Crippen LogP contribution in [0.3, 0.4) is 0 Å². The van der Waals surface area contributed by atoms with Gasteiger partial charge in [-0.25, -0.2) is 9.37 Å². The Kier molecular flexibility index (Phi) is 6.43. The van der Waals surface area contributed by atoms with Gasteiger partial charge in [-0.15, -0.1) is 0 Å². The Hall–Kier alpha value is -1.16. The van der Waals surface area contributed by atoms with E-state index in [9.17, 15) is 4.39 Å². The zero-order valence-electron chi connectivity index (χ0n) is 13.2. The minimum Gasteiger partial charge on any atom is -0.472 e. The van der Waals surface area contributed by atoms with Gasteiger partial charge >= 0.3 is 0 Å². The van der Waals surface area contributed by atoms with Crippen molar-refractivity contribution in [2.24, 2.45) is 5.92 Å². The van der Waals surface area contributed by atoms with Crippen molar-refractivity contribution in [2.45, 2.75) is 65.0 Å². The third kappa shape index (κ3) is 4.40. The highest BCUT2D eigenvalue weighted by Crippen LogP contribution is 2.31. The second kappa shape index (κ2) is 8.32. The van der Waals surface area contributed by atoms with Crippen LogP contribution in [0.15, 0.2) is 12.3 Å². The number of hydrogen-bond donors (Lipinski definition) is 1. The minimum absolute atomic E-state index is 0.115. The fourth-order valence-corrected chi connectivity index (χ4v) is 3.02. The van der Waals surface area contributed by atoms with Gasteiger partial charge in [-0.1, -0.05) is 20.3 Å². The lowest BCUT2D eigenvalue weighted by atomic mass is 9.85. The summed E-state index contributed by atoms with van der Waals surface area (Å²) in [6.07, 6.45) is 8.50. The van der Waals surface area contributed by atoms with E-state index in [1.165, 1.54) is 19.3 Å². The maximum atomic E-state index is 14.5. The quantitative estimate of drug-likeness (QED) is 0.770. The van der Waals surface area contributed by atoms with Crippen LogP contribution in [0.4, 0.5) is 4.39 Å². The van der Waals surface area contributed by atoms with Gasteiger partial charge in [0.1, 0.15) is 6.10 Å². The van der Waals surface area contributed by atoms with Gasteiger partial charge in [-0.2, -0.15) is 0 Å². The third-order valence-corrected chi connectivity index (χ3v) is 4.31. The first-order valence-electron chi connectivity index (χ1n) is 8.27. The summed E-state index contributed by atoms with van der Waals surface area (Å²) in [6, 6.07) is 1.73. The van der Waals surface area contributed by atoms with Crippen LogP contribution in [0.2, 0.25) is 0 Å². The summed E-state index contributed by atoms with van der Waals surface area (Å²) >= 11 is 0. The lowest BCUT2D eigenvalue weighted by Crippen LogP contribution is -2.30. The first-order valence-corrected chi connectivity index (χ1v) is 8.27. The van der Waals surface area contributed by atoms with E-state index in [1.54, 1.807) is 12.3 Å². The van der Waals surface area contributed by atoms with Crippen molar-refractivity contribution in [3.8, 4) is 5.88 Å². The second-order valence-corrected chi connectivity index (χ2v) is 5.88. The average Bonchev–Trinajstić information content (AvgIpc) is 2.51. The first-order chi connectivity index (χ1) is 10.3. The number of halogens is 1. The molecule has 3 nitrogen and oxygen atoms in total. The van der Waals surface area contributed by atoms with Gasteiger partial charge in [-0.3, -0.25) is 0 Å². The van der Waals surface area contributed by atoms with Crippen molar-refractivity contribution in [3.63, 3.8) is 0 Å². The summed E-state index contributed by atoms with van der Waals surface area (Å²) in [5.41, 5.74) is 0.636. The summed E-state index contributed by atoms with van der Waals surface area (Å²) in [5.74, 6) is 0.402. The summed E-state index contributed by atoms with van der Waals surface area (Å²) in [6.45, 7) is 5.69. The van der Waals surface area contributed by atoms with Crippen molar-refractivity contribution in [1.82, 2.24) is 10.3 Å². The third-order valence-electron chi connectivity index (χ3n) is 4.31. The molecule has 1 aromatic rings. The fourth-order valence-electron chi connectivity index (χ4n) is 3.02. The van der Waals surface area contributed by atoms with Crippen LogP contribution < -0.4 is 10.1 Å². The molecular weight excluding hydrogens is 267 g/mol. The fraction of sp³-hybridized carbons (Fsp3) is 0.706. The van der Waals surface area contributed by atoms with Gasteiger partial charge in [0.05, 0.1) is 0 Å². The van der Waals surface area contributed by atoms with Gasteiger partial charge in [0, 0.05) is 18.3 Å². The number of hydrogen-bond acceptors (Lipinski definition) is 3. The molecule has 2 rings (SSSR count). The molecule has 2 atom stereocenters. The Morgan fingerprint density at radius 2 is 2.14 bits per heavy atom. The van der Waals surface area contributed by atoms with E-state index >= 15 is 0 Å². The largest absolute Gasteiger partial charge is 0.472 e. The maximum absolute atomic E-state index is 14.5. The van der Waals surface area contributed by atoms with E-state index in [0.29, 0.717) is 18.0 Å². The lowest BCUT2D eigenvalue weighted by molar-refractivity contribution is 0.0812. The second-order valence-electron chi connectivity index (χ2n) is 5.88. The van der Waals surface area contributed by atoms with Crippen molar-refractivity contribution in [2.75, 3.05) is 6.54 Å². The van der Waals surface area contributed by atoms with Gasteiger partial charge in [-0.05, 0) is 50.6 Å². The van der Waals surface area contributed by atoms with Crippen LogP contribution in [-0.2, 0) is 6.54 Å². The Morgan fingerprint density at radius 1 is 1.33 bits per heavy atom. The zero-order valence-corrected chi connectivity index (χ0v) is 13.2. The molecule has 0 aliphatic heterocycles. The van der Waals surface area contributed by atoms with Crippen LogP contribution in [-0.4, -0.2) is 17.6 Å². The van der Waals surface area contributed by atoms with E-state index in [0.717, 1.165) is 25.8 Å². The van der Waals surface area contributed by atoms with E-state index < -0.39 is 0 Å². The Morgan fingerprint density at radius 3 is 2.90 bits per heavy atom. The highest BCUT2D eigenvalue weighted by molar-refractivity contribution is 5.23. The summed E-state index contributed by atoms with van der Waals surface area (Å²) < 4.78 is 20.4. The van der Waals surface area contributed by atoms with Crippen LogP contribution in [0, 0.1) is 11.7 Å². The monoisotopic (exact) mass is 294 g/mol. The summed E-state index contributed by atoms with van der Waals surface area (Å²) in [4.78, 5) is 4.11. The zero-order chi connectivity index (χ0) is 15.1. The maximum Gasteiger partial charge on any atom is 0.250 e. The summed E-state index contributed by atoms with van der Waals surface area (Å²) in [7, 11) is 0. The molecule has 0 aromatic carbocycles. The van der Waals surface area contributed by atoms with Crippen LogP contribution in [0.1, 0.15) is 57.9 Å². The number of nitrogens with zero attached hydrogens (tertiary/aromatic N) is 1. The molecule has 4 heteroatoms. The number of aromatic nitrogens is 1. The molecule has 1 fully saturated rings. The lowest BCUT2D eigenvalue weighted by Gasteiger charge is -2.30. The smallest absolute Gasteiger partial charge is 0.250 e. The number of pyridine rings is 1. The molecule has 0 amide bonds. The number of rotatable bonds is 7. The van der Waals surface area contributed by atoms with E-state index in [4.69, 9.17) is 4.74 Å². The summed E-state index contributed by atoms with van der Waals surface area (Å²) in [5, 5.41) is 3.22. The van der Waals surface area contributed by atoms with E-state index in [2.05, 4.69) is 24.1 Å². The van der Waals surface area contributed by atoms with Gasteiger partial charge < -0.3 is 10.1 Å². The Bertz CT molecular complexity index is 439. The van der Waals surface area contributed by atoms with Crippen molar-refractivity contribution in [1.29, 1.82) is 0 Å². The highest BCUT2D eigenvalue weighted by Gasteiger charge is 2.26. The molecule has 1 aliphatic carbocycles. The SMILES string of the molecule is CCCNCc1ccnc(OC2CCCCC2CC)c1F. The molecule has 1 saturated carbocycles. The number of nitrogens with one attached hydrogen (secondary N) is 1. The first kappa shape index (κ1) is 16.2. The molecule has 1 aliphatic rings. The van der Waals surface area contributed by atoms with Crippen LogP contribution in [0.5, 0.6) is 5.88 Å². The molecule has 1 N–H and O–H groups in total. The van der Waals surface area contributed by atoms with E-state index in [-0.39, 0.29) is 17.8 Å². The van der Waals surface area contributed by atoms with Crippen molar-refractivity contribution < 1.29 is 9.13 Å². The molecular formula is C17H27FN2O. The molecule has 0 radical (unpaired) electrons. The highest BCUT2D eigenvalue weighted by atomic mass is 19.1. The molecule has 2 unspecified atom stereocenters. The molecule has 21 heavy (non-hydrogen) atoms. The Labute approximate surface area is 127 Å². The van der Waals surface area contributed by atoms with Gasteiger partial charge in [0.25, 0.3) is 5.88 Å². The van der Waals surface area contributed by atoms with Gasteiger partial charge in [0.15, 0.2) is 5.82 Å². The normalized spacial score (nSPS) is 22.2. The minimum atomic E-state index is -0.304. The molecule has 0 bridgehead atoms. The molecule has 1 aromatic heterocycles. The number of ether oxygens (including phenoxy) is 1. The van der Waals surface area contributed by atoms with E-state index in [1.807, 2.05) is 0 Å². The van der Waals surface area contributed by atoms with Crippen LogP contribution in [0.25, 0.3) is 0 Å². The average molecular weight is 294 g/mol. The Balaban J connectivity index is 2.03. The van der Waals surface area contributed by atoms with Crippen LogP contribution >= 0.6 is 0 Å². The molecule has 0 spiro atoms. The topological polar surface area (TPSA) is 34.2 Å². The van der Waals surface area contributed by atoms with Crippen molar-refractivity contribution in [3.05, 3.63) is 23.6 Å². The predicted octanol–water partition coefficient (Wildman–Crippen LogP) is 4.07. The standard InChI is InChI=1S/C17H27FN2O/c1-3-10-19-12-14-9-11-20-17(16(14)18)21-15-8-6-5-7-13(15)4-2/h9,11,13,15,19H,3-8,10,12H2,1-2H3.